The van der Waals surface area contributed by atoms with Gasteiger partial charge in [-0.05, 0) is 18.1 Å². The van der Waals surface area contributed by atoms with Crippen LogP contribution in [0.2, 0.25) is 0 Å². The lowest BCUT2D eigenvalue weighted by molar-refractivity contribution is -0.174. The fourth-order valence-corrected chi connectivity index (χ4v) is 2.33. The van der Waals surface area contributed by atoms with Gasteiger partial charge in [0.15, 0.2) is 6.10 Å². The molecule has 0 saturated carbocycles. The molecule has 20 heavy (non-hydrogen) atoms. The Hall–Kier alpha value is -1.95. The molecule has 1 aliphatic rings. The monoisotopic (exact) mass is 278 g/mol. The maximum atomic E-state index is 12.1. The molecule has 1 aromatic heterocycles. The van der Waals surface area contributed by atoms with Gasteiger partial charge in [-0.2, -0.15) is 0 Å². The van der Waals surface area contributed by atoms with Crippen LogP contribution in [0.1, 0.15) is 25.6 Å². The molecule has 0 bridgehead atoms. The standard InChI is InChI=1S/C14H18N2O4/c1-9(2)7-16-11(17)8-20-13(14(18)19)12(16)10-5-3-4-6-15-10/h3-6,9,12-13H,7-8H2,1-2H3,(H,18,19). The minimum Gasteiger partial charge on any atom is -0.479 e. The topological polar surface area (TPSA) is 79.7 Å². The summed E-state index contributed by atoms with van der Waals surface area (Å²) >= 11 is 0. The average Bonchev–Trinajstić information content (AvgIpc) is 2.41. The molecule has 6 nitrogen and oxygen atoms in total. The van der Waals surface area contributed by atoms with Crippen molar-refractivity contribution in [2.24, 2.45) is 5.92 Å². The van der Waals surface area contributed by atoms with E-state index < -0.39 is 18.1 Å². The third-order valence-corrected chi connectivity index (χ3v) is 3.13. The number of carboxylic acid groups (broad SMARTS) is 1. The zero-order valence-corrected chi connectivity index (χ0v) is 11.5. The van der Waals surface area contributed by atoms with Crippen LogP contribution in [-0.2, 0) is 14.3 Å². The van der Waals surface area contributed by atoms with Gasteiger partial charge in [-0.1, -0.05) is 19.9 Å². The predicted molar refractivity (Wildman–Crippen MR) is 70.9 cm³/mol. The number of carboxylic acids is 1. The van der Waals surface area contributed by atoms with E-state index in [1.165, 1.54) is 0 Å². The molecule has 108 valence electrons. The van der Waals surface area contributed by atoms with E-state index in [0.29, 0.717) is 12.2 Å². The highest BCUT2D eigenvalue weighted by atomic mass is 16.5. The van der Waals surface area contributed by atoms with Gasteiger partial charge >= 0.3 is 5.97 Å². The van der Waals surface area contributed by atoms with Crippen molar-refractivity contribution < 1.29 is 19.4 Å². The Morgan fingerprint density at radius 1 is 1.55 bits per heavy atom. The summed E-state index contributed by atoms with van der Waals surface area (Å²) in [6.45, 7) is 4.24. The van der Waals surface area contributed by atoms with Crippen LogP contribution in [0, 0.1) is 5.92 Å². The lowest BCUT2D eigenvalue weighted by Gasteiger charge is -2.39. The SMILES string of the molecule is CC(C)CN1C(=O)COC(C(=O)O)C1c1ccccn1. The van der Waals surface area contributed by atoms with E-state index in [4.69, 9.17) is 4.74 Å². The number of nitrogens with zero attached hydrogens (tertiary/aromatic N) is 2. The zero-order chi connectivity index (χ0) is 14.7. The van der Waals surface area contributed by atoms with Crippen molar-refractivity contribution >= 4 is 11.9 Å². The number of ether oxygens (including phenoxy) is 1. The van der Waals surface area contributed by atoms with Crippen LogP contribution in [0.3, 0.4) is 0 Å². The lowest BCUT2D eigenvalue weighted by Crippen LogP contribution is -2.53. The molecule has 0 spiro atoms. The molecule has 1 saturated heterocycles. The number of rotatable bonds is 4. The Morgan fingerprint density at radius 2 is 2.30 bits per heavy atom. The summed E-state index contributed by atoms with van der Waals surface area (Å²) in [5, 5.41) is 9.32. The van der Waals surface area contributed by atoms with E-state index in [2.05, 4.69) is 4.98 Å². The van der Waals surface area contributed by atoms with Crippen LogP contribution in [0.5, 0.6) is 0 Å². The summed E-state index contributed by atoms with van der Waals surface area (Å²) < 4.78 is 5.20. The number of carbonyl (C=O) groups is 2. The number of hydrogen-bond donors (Lipinski definition) is 1. The Balaban J connectivity index is 2.39. The quantitative estimate of drug-likeness (QED) is 0.891. The van der Waals surface area contributed by atoms with Crippen molar-refractivity contribution in [1.29, 1.82) is 0 Å². The third kappa shape index (κ3) is 2.96. The van der Waals surface area contributed by atoms with E-state index in [1.54, 1.807) is 29.3 Å². The highest BCUT2D eigenvalue weighted by Crippen LogP contribution is 2.29. The molecular weight excluding hydrogens is 260 g/mol. The maximum Gasteiger partial charge on any atom is 0.335 e. The molecule has 1 aliphatic heterocycles. The molecule has 0 aromatic carbocycles. The Bertz CT molecular complexity index is 489. The molecule has 1 aromatic rings. The molecule has 2 atom stereocenters. The molecule has 1 N–H and O–H groups in total. The number of aliphatic carboxylic acids is 1. The second-order valence-corrected chi connectivity index (χ2v) is 5.21. The van der Waals surface area contributed by atoms with Gasteiger partial charge in [0.05, 0.1) is 5.69 Å². The normalized spacial score (nSPS) is 23.1. The number of amides is 1. The molecule has 1 amide bonds. The molecule has 2 rings (SSSR count). The van der Waals surface area contributed by atoms with Gasteiger partial charge in [0.25, 0.3) is 0 Å². The average molecular weight is 278 g/mol. The van der Waals surface area contributed by atoms with Gasteiger partial charge in [-0.25, -0.2) is 4.79 Å². The Morgan fingerprint density at radius 3 is 2.85 bits per heavy atom. The molecule has 6 heteroatoms. The molecule has 1 fully saturated rings. The molecule has 0 aliphatic carbocycles. The van der Waals surface area contributed by atoms with Crippen molar-refractivity contribution in [2.75, 3.05) is 13.2 Å². The van der Waals surface area contributed by atoms with E-state index in [9.17, 15) is 14.7 Å². The summed E-state index contributed by atoms with van der Waals surface area (Å²) in [6, 6.07) is 4.55. The highest BCUT2D eigenvalue weighted by molar-refractivity contribution is 5.82. The minimum atomic E-state index is -1.08. The first-order valence-corrected chi connectivity index (χ1v) is 6.55. The van der Waals surface area contributed by atoms with Crippen molar-refractivity contribution in [3.8, 4) is 0 Å². The minimum absolute atomic E-state index is 0.201. The summed E-state index contributed by atoms with van der Waals surface area (Å²) in [7, 11) is 0. The Labute approximate surface area is 117 Å². The smallest absolute Gasteiger partial charge is 0.335 e. The lowest BCUT2D eigenvalue weighted by atomic mass is 10.0. The second kappa shape index (κ2) is 6.00. The second-order valence-electron chi connectivity index (χ2n) is 5.21. The van der Waals surface area contributed by atoms with Crippen LogP contribution in [0.4, 0.5) is 0 Å². The molecule has 2 unspecified atom stereocenters. The van der Waals surface area contributed by atoms with Crippen LogP contribution in [0.15, 0.2) is 24.4 Å². The summed E-state index contributed by atoms with van der Waals surface area (Å²) in [6.07, 6.45) is 0.502. The number of pyridine rings is 1. The Kier molecular flexibility index (Phi) is 4.34. The third-order valence-electron chi connectivity index (χ3n) is 3.13. The zero-order valence-electron chi connectivity index (χ0n) is 11.5. The van der Waals surface area contributed by atoms with Gasteiger partial charge in [0.2, 0.25) is 5.91 Å². The number of hydrogen-bond acceptors (Lipinski definition) is 4. The highest BCUT2D eigenvalue weighted by Gasteiger charge is 2.42. The largest absolute Gasteiger partial charge is 0.479 e. The van der Waals surface area contributed by atoms with E-state index in [0.717, 1.165) is 0 Å². The summed E-state index contributed by atoms with van der Waals surface area (Å²) in [4.78, 5) is 29.2. The maximum absolute atomic E-state index is 12.1. The summed E-state index contributed by atoms with van der Waals surface area (Å²) in [5.74, 6) is -1.05. The first kappa shape index (κ1) is 14.5. The predicted octanol–water partition coefficient (Wildman–Crippen LogP) is 1.09. The number of carbonyl (C=O) groups excluding carboxylic acids is 1. The van der Waals surface area contributed by atoms with Crippen molar-refractivity contribution in [3.05, 3.63) is 30.1 Å². The van der Waals surface area contributed by atoms with Crippen molar-refractivity contribution in [1.82, 2.24) is 9.88 Å². The summed E-state index contributed by atoms with van der Waals surface area (Å²) in [5.41, 5.74) is 0.536. The van der Waals surface area contributed by atoms with Crippen LogP contribution in [-0.4, -0.2) is 46.1 Å². The van der Waals surface area contributed by atoms with Crippen LogP contribution in [0.25, 0.3) is 0 Å². The molecule has 2 heterocycles. The van der Waals surface area contributed by atoms with E-state index in [-0.39, 0.29) is 18.4 Å². The first-order chi connectivity index (χ1) is 9.50. The van der Waals surface area contributed by atoms with Gasteiger partial charge in [0.1, 0.15) is 12.6 Å². The number of morpholine rings is 1. The fourth-order valence-electron chi connectivity index (χ4n) is 2.33. The van der Waals surface area contributed by atoms with Crippen molar-refractivity contribution in [3.63, 3.8) is 0 Å². The van der Waals surface area contributed by atoms with Gasteiger partial charge < -0.3 is 14.7 Å². The van der Waals surface area contributed by atoms with Gasteiger partial charge in [0, 0.05) is 12.7 Å². The first-order valence-electron chi connectivity index (χ1n) is 6.55. The fraction of sp³-hybridized carbons (Fsp3) is 0.500. The van der Waals surface area contributed by atoms with Gasteiger partial charge in [-0.15, -0.1) is 0 Å². The van der Waals surface area contributed by atoms with Crippen LogP contribution >= 0.6 is 0 Å². The van der Waals surface area contributed by atoms with Crippen LogP contribution < -0.4 is 0 Å². The molecule has 0 radical (unpaired) electrons. The van der Waals surface area contributed by atoms with Crippen molar-refractivity contribution in [2.45, 2.75) is 26.0 Å². The van der Waals surface area contributed by atoms with E-state index in [1.807, 2.05) is 13.8 Å². The van der Waals surface area contributed by atoms with E-state index >= 15 is 0 Å². The number of aromatic nitrogens is 1. The molecular formula is C14H18N2O4. The van der Waals surface area contributed by atoms with Gasteiger partial charge in [-0.3, -0.25) is 9.78 Å².